The fraction of sp³-hybridized carbons (Fsp3) is 0. The van der Waals surface area contributed by atoms with Gasteiger partial charge in [-0.05, 0) is 22.9 Å². The van der Waals surface area contributed by atoms with Gasteiger partial charge in [-0.25, -0.2) is 9.97 Å². The lowest BCUT2D eigenvalue weighted by Crippen LogP contribution is -1.73. The van der Waals surface area contributed by atoms with Gasteiger partial charge < -0.3 is 8.83 Å². The number of benzene rings is 4. The van der Waals surface area contributed by atoms with Crippen molar-refractivity contribution in [1.82, 2.24) is 9.97 Å². The van der Waals surface area contributed by atoms with Gasteiger partial charge in [0.25, 0.3) is 0 Å². The van der Waals surface area contributed by atoms with Crippen molar-refractivity contribution in [3.63, 3.8) is 0 Å². The van der Waals surface area contributed by atoms with E-state index in [4.69, 9.17) is 8.83 Å². The molecule has 2 heterocycles. The lowest BCUT2D eigenvalue weighted by Gasteiger charge is -1.95. The predicted molar refractivity (Wildman–Crippen MR) is 103 cm³/mol. The van der Waals surface area contributed by atoms with E-state index in [0.717, 1.165) is 33.0 Å². The number of hydrogen-bond donors (Lipinski definition) is 0. The summed E-state index contributed by atoms with van der Waals surface area (Å²) in [6.45, 7) is 0. The Morgan fingerprint density at radius 3 is 2.15 bits per heavy atom. The van der Waals surface area contributed by atoms with E-state index in [1.165, 1.54) is 23.6 Å². The third kappa shape index (κ3) is 2.40. The minimum absolute atomic E-state index is 0.846. The molecule has 2 aromatic heterocycles. The molecular weight excluding hydrogens is 324 g/mol. The summed E-state index contributed by atoms with van der Waals surface area (Å²) in [6.07, 6.45) is 2.97. The molecule has 0 unspecified atom stereocenters. The lowest BCUT2D eigenvalue weighted by molar-refractivity contribution is 0.602. The first-order valence-corrected chi connectivity index (χ1v) is 8.32. The molecule has 0 amide bonds. The van der Waals surface area contributed by atoms with Gasteiger partial charge in [-0.1, -0.05) is 60.7 Å². The summed E-state index contributed by atoms with van der Waals surface area (Å²) >= 11 is 0. The molecule has 6 rings (SSSR count). The quantitative estimate of drug-likeness (QED) is 0.343. The highest BCUT2D eigenvalue weighted by atomic mass is 16.3. The molecule has 124 valence electrons. The van der Waals surface area contributed by atoms with Crippen LogP contribution in [-0.2, 0) is 0 Å². The standard InChI is InChI=1S/2C11H7NO/c1-2-4-9-8(3-1)5-6-10-11(9)12-7-13-10;1-2-4-9-8(3-1)5-6-10-11(9)13-7-12-10/h2*1-7H. The maximum absolute atomic E-state index is 5.32. The van der Waals surface area contributed by atoms with E-state index in [1.807, 2.05) is 48.5 Å². The van der Waals surface area contributed by atoms with Crippen LogP contribution in [0.5, 0.6) is 0 Å². The van der Waals surface area contributed by atoms with Crippen molar-refractivity contribution in [3.05, 3.63) is 85.6 Å². The summed E-state index contributed by atoms with van der Waals surface area (Å²) in [7, 11) is 0. The zero-order valence-electron chi connectivity index (χ0n) is 13.8. The molecule has 4 aromatic carbocycles. The summed E-state index contributed by atoms with van der Waals surface area (Å²) in [4.78, 5) is 8.28. The molecule has 0 saturated carbocycles. The van der Waals surface area contributed by atoms with E-state index in [9.17, 15) is 0 Å². The van der Waals surface area contributed by atoms with E-state index in [1.54, 1.807) is 0 Å². The van der Waals surface area contributed by atoms with Crippen LogP contribution in [0.2, 0.25) is 0 Å². The predicted octanol–water partition coefficient (Wildman–Crippen LogP) is 5.96. The minimum atomic E-state index is 0.846. The van der Waals surface area contributed by atoms with Gasteiger partial charge >= 0.3 is 0 Å². The van der Waals surface area contributed by atoms with Gasteiger partial charge in [0.1, 0.15) is 11.0 Å². The zero-order chi connectivity index (χ0) is 17.3. The van der Waals surface area contributed by atoms with Gasteiger partial charge in [-0.3, -0.25) is 0 Å². The Bertz CT molecular complexity index is 1240. The fourth-order valence-electron chi connectivity index (χ4n) is 3.19. The third-order valence-corrected chi connectivity index (χ3v) is 4.45. The van der Waals surface area contributed by atoms with Crippen molar-refractivity contribution < 1.29 is 8.83 Å². The molecule has 0 aliphatic rings. The van der Waals surface area contributed by atoms with Crippen LogP contribution >= 0.6 is 0 Å². The van der Waals surface area contributed by atoms with Gasteiger partial charge in [0.2, 0.25) is 0 Å². The highest BCUT2D eigenvalue weighted by molar-refractivity contribution is 6.03. The molecule has 4 nitrogen and oxygen atoms in total. The first kappa shape index (κ1) is 14.7. The first-order valence-electron chi connectivity index (χ1n) is 8.32. The number of oxazole rings is 2. The number of hydrogen-bond acceptors (Lipinski definition) is 4. The van der Waals surface area contributed by atoms with Crippen molar-refractivity contribution in [2.24, 2.45) is 0 Å². The monoisotopic (exact) mass is 338 g/mol. The molecule has 0 spiro atoms. The average Bonchev–Trinajstić information content (AvgIpc) is 3.38. The van der Waals surface area contributed by atoms with Gasteiger partial charge in [0.15, 0.2) is 24.0 Å². The highest BCUT2D eigenvalue weighted by Gasteiger charge is 2.03. The Morgan fingerprint density at radius 1 is 0.577 bits per heavy atom. The second-order valence-electron chi connectivity index (χ2n) is 5.97. The molecule has 26 heavy (non-hydrogen) atoms. The summed E-state index contributed by atoms with van der Waals surface area (Å²) < 4.78 is 10.5. The Hall–Kier alpha value is -3.66. The van der Waals surface area contributed by atoms with E-state index >= 15 is 0 Å². The van der Waals surface area contributed by atoms with Crippen LogP contribution in [-0.4, -0.2) is 9.97 Å². The SMILES string of the molecule is c1ccc2c(c1)ccc1ncoc12.c1ccc2c(c1)ccc1ocnc12. The number of aromatic nitrogens is 2. The molecule has 0 radical (unpaired) electrons. The molecular formula is C22H14N2O2. The summed E-state index contributed by atoms with van der Waals surface area (Å²) in [5, 5.41) is 4.65. The Labute approximate surface area is 148 Å². The van der Waals surface area contributed by atoms with Crippen LogP contribution in [0.25, 0.3) is 43.7 Å². The van der Waals surface area contributed by atoms with Crippen molar-refractivity contribution in [1.29, 1.82) is 0 Å². The lowest BCUT2D eigenvalue weighted by atomic mass is 10.1. The number of fused-ring (bicyclic) bond motifs is 6. The topological polar surface area (TPSA) is 52.1 Å². The van der Waals surface area contributed by atoms with Crippen molar-refractivity contribution >= 4 is 43.7 Å². The number of rotatable bonds is 0. The van der Waals surface area contributed by atoms with Crippen LogP contribution in [0.15, 0.2) is 94.4 Å². The molecule has 0 saturated heterocycles. The molecule has 0 aliphatic carbocycles. The second-order valence-corrected chi connectivity index (χ2v) is 5.97. The fourth-order valence-corrected chi connectivity index (χ4v) is 3.19. The molecule has 0 bridgehead atoms. The first-order chi connectivity index (χ1) is 12.9. The Kier molecular flexibility index (Phi) is 3.39. The smallest absolute Gasteiger partial charge is 0.182 e. The maximum Gasteiger partial charge on any atom is 0.182 e. The zero-order valence-corrected chi connectivity index (χ0v) is 13.8. The normalized spacial score (nSPS) is 11.1. The van der Waals surface area contributed by atoms with Crippen molar-refractivity contribution in [3.8, 4) is 0 Å². The van der Waals surface area contributed by atoms with Crippen LogP contribution in [0.4, 0.5) is 0 Å². The van der Waals surface area contributed by atoms with Crippen molar-refractivity contribution in [2.75, 3.05) is 0 Å². The molecule has 0 fully saturated rings. The van der Waals surface area contributed by atoms with Crippen molar-refractivity contribution in [2.45, 2.75) is 0 Å². The summed E-state index contributed by atoms with van der Waals surface area (Å²) in [5.41, 5.74) is 3.58. The summed E-state index contributed by atoms with van der Waals surface area (Å²) in [6, 6.07) is 24.3. The van der Waals surface area contributed by atoms with Gasteiger partial charge in [0, 0.05) is 10.8 Å². The van der Waals surface area contributed by atoms with Gasteiger partial charge in [-0.15, -0.1) is 0 Å². The number of nitrogens with zero attached hydrogens (tertiary/aromatic N) is 2. The Morgan fingerprint density at radius 2 is 1.27 bits per heavy atom. The molecule has 0 aliphatic heterocycles. The highest BCUT2D eigenvalue weighted by Crippen LogP contribution is 2.24. The van der Waals surface area contributed by atoms with Gasteiger partial charge in [-0.2, -0.15) is 0 Å². The van der Waals surface area contributed by atoms with Crippen LogP contribution in [0.1, 0.15) is 0 Å². The van der Waals surface area contributed by atoms with Crippen LogP contribution in [0.3, 0.4) is 0 Å². The average molecular weight is 338 g/mol. The van der Waals surface area contributed by atoms with E-state index in [2.05, 4.69) is 34.2 Å². The summed E-state index contributed by atoms with van der Waals surface area (Å²) in [5.74, 6) is 0. The van der Waals surface area contributed by atoms with Crippen LogP contribution in [0, 0.1) is 0 Å². The second kappa shape index (κ2) is 6.01. The third-order valence-electron chi connectivity index (χ3n) is 4.45. The minimum Gasteiger partial charge on any atom is -0.443 e. The van der Waals surface area contributed by atoms with E-state index in [0.29, 0.717) is 0 Å². The molecule has 0 N–H and O–H groups in total. The van der Waals surface area contributed by atoms with Gasteiger partial charge in [0.05, 0.1) is 0 Å². The van der Waals surface area contributed by atoms with Crippen LogP contribution < -0.4 is 0 Å². The largest absolute Gasteiger partial charge is 0.443 e. The molecule has 4 heteroatoms. The maximum atomic E-state index is 5.32. The van der Waals surface area contributed by atoms with E-state index < -0.39 is 0 Å². The molecule has 0 atom stereocenters. The Balaban J connectivity index is 0.000000115. The molecule has 6 aromatic rings. The van der Waals surface area contributed by atoms with E-state index in [-0.39, 0.29) is 0 Å².